The Morgan fingerprint density at radius 3 is 2.75 bits per heavy atom. The van der Waals surface area contributed by atoms with E-state index in [0.717, 1.165) is 28.3 Å². The van der Waals surface area contributed by atoms with Gasteiger partial charge < -0.3 is 10.4 Å². The zero-order chi connectivity index (χ0) is 17.0. The Morgan fingerprint density at radius 1 is 1.21 bits per heavy atom. The Labute approximate surface area is 142 Å². The van der Waals surface area contributed by atoms with Crippen LogP contribution < -0.4 is 5.32 Å². The monoisotopic (exact) mass is 321 g/mol. The predicted octanol–water partition coefficient (Wildman–Crippen LogP) is 4.05. The highest BCUT2D eigenvalue weighted by Gasteiger charge is 2.22. The molecule has 0 saturated carbocycles. The van der Waals surface area contributed by atoms with Crippen molar-refractivity contribution in [1.29, 1.82) is 0 Å². The number of pyridine rings is 1. The molecule has 0 aliphatic carbocycles. The summed E-state index contributed by atoms with van der Waals surface area (Å²) in [5, 5.41) is 14.2. The maximum absolute atomic E-state index is 9.92. The quantitative estimate of drug-likeness (QED) is 0.748. The Bertz CT molecular complexity index is 940. The number of fused-ring (bicyclic) bond motifs is 2. The lowest BCUT2D eigenvalue weighted by Gasteiger charge is -2.15. The van der Waals surface area contributed by atoms with E-state index in [1.807, 2.05) is 6.92 Å². The van der Waals surface area contributed by atoms with Crippen molar-refractivity contribution in [3.63, 3.8) is 0 Å². The number of aliphatic hydroxyl groups excluding tert-OH is 1. The fourth-order valence-electron chi connectivity index (χ4n) is 3.65. The molecule has 3 aromatic rings. The maximum atomic E-state index is 9.92. The van der Waals surface area contributed by atoms with Crippen molar-refractivity contribution >= 4 is 16.7 Å². The minimum Gasteiger partial charge on any atom is -0.373 e. The zero-order valence-corrected chi connectivity index (χ0v) is 14.6. The average Bonchev–Trinajstić information content (AvgIpc) is 3.07. The lowest BCUT2D eigenvalue weighted by Crippen LogP contribution is -2.13. The molecule has 0 amide bonds. The molecule has 4 nitrogen and oxygen atoms in total. The number of aryl methyl sites for hydroxylation is 2. The van der Waals surface area contributed by atoms with Crippen molar-refractivity contribution in [2.45, 2.75) is 46.3 Å². The van der Waals surface area contributed by atoms with Crippen molar-refractivity contribution in [3.8, 4) is 5.69 Å². The third kappa shape index (κ3) is 2.29. The molecule has 1 atom stereocenters. The normalized spacial score (nSPS) is 16.7. The summed E-state index contributed by atoms with van der Waals surface area (Å²) >= 11 is 0. The molecular formula is C20H23N3O. The van der Waals surface area contributed by atoms with Gasteiger partial charge in [0, 0.05) is 34.6 Å². The number of nitrogens with one attached hydrogen (secondary N) is 1. The predicted molar refractivity (Wildman–Crippen MR) is 98.0 cm³/mol. The Kier molecular flexibility index (Phi) is 3.39. The van der Waals surface area contributed by atoms with E-state index >= 15 is 0 Å². The van der Waals surface area contributed by atoms with Crippen LogP contribution in [-0.4, -0.2) is 20.9 Å². The second kappa shape index (κ2) is 5.35. The molecule has 0 radical (unpaired) electrons. The van der Waals surface area contributed by atoms with Gasteiger partial charge in [0.05, 0.1) is 0 Å². The number of aromatic nitrogens is 2. The first kappa shape index (κ1) is 15.2. The number of nitrogens with zero attached hydrogens (tertiary/aromatic N) is 2. The highest BCUT2D eigenvalue weighted by Crippen LogP contribution is 2.34. The lowest BCUT2D eigenvalue weighted by molar-refractivity contribution is 0.212. The summed E-state index contributed by atoms with van der Waals surface area (Å²) in [4.78, 5) is 4.79. The molecule has 1 aliphatic heterocycles. The molecule has 4 rings (SSSR count). The van der Waals surface area contributed by atoms with Crippen LogP contribution in [0.1, 0.15) is 42.3 Å². The van der Waals surface area contributed by atoms with E-state index in [9.17, 15) is 5.11 Å². The zero-order valence-electron chi connectivity index (χ0n) is 14.6. The second-order valence-electron chi connectivity index (χ2n) is 7.09. The van der Waals surface area contributed by atoms with Gasteiger partial charge >= 0.3 is 0 Å². The van der Waals surface area contributed by atoms with E-state index in [2.05, 4.69) is 61.0 Å². The van der Waals surface area contributed by atoms with Gasteiger partial charge in [0.15, 0.2) is 0 Å². The van der Waals surface area contributed by atoms with Gasteiger partial charge in [-0.05, 0) is 61.2 Å². The minimum atomic E-state index is -0.486. The van der Waals surface area contributed by atoms with Gasteiger partial charge in [0.2, 0.25) is 0 Å². The molecule has 0 spiro atoms. The molecule has 1 unspecified atom stereocenters. The Morgan fingerprint density at radius 2 is 2.00 bits per heavy atom. The van der Waals surface area contributed by atoms with Gasteiger partial charge in [-0.15, -0.1) is 0 Å². The smallest absolute Gasteiger partial charge is 0.144 e. The van der Waals surface area contributed by atoms with Crippen molar-refractivity contribution < 1.29 is 5.11 Å². The second-order valence-corrected chi connectivity index (χ2v) is 7.09. The van der Waals surface area contributed by atoms with Crippen LogP contribution in [-0.2, 0) is 6.42 Å². The Balaban J connectivity index is 2.00. The number of benzene rings is 1. The van der Waals surface area contributed by atoms with E-state index in [4.69, 9.17) is 4.98 Å². The van der Waals surface area contributed by atoms with Crippen LogP contribution in [0.25, 0.3) is 16.7 Å². The topological polar surface area (TPSA) is 50.1 Å². The summed E-state index contributed by atoms with van der Waals surface area (Å²) < 4.78 is 2.27. The number of hydrogen-bond acceptors (Lipinski definition) is 3. The van der Waals surface area contributed by atoms with E-state index in [0.29, 0.717) is 12.3 Å². The molecule has 2 N–H and O–H groups in total. The molecule has 24 heavy (non-hydrogen) atoms. The summed E-state index contributed by atoms with van der Waals surface area (Å²) in [6, 6.07) is 10.8. The van der Waals surface area contributed by atoms with Crippen LogP contribution in [0.2, 0.25) is 0 Å². The summed E-state index contributed by atoms with van der Waals surface area (Å²) in [6.07, 6.45) is 0.160. The van der Waals surface area contributed by atoms with Gasteiger partial charge in [-0.25, -0.2) is 4.98 Å². The average molecular weight is 321 g/mol. The summed E-state index contributed by atoms with van der Waals surface area (Å²) in [5.41, 5.74) is 7.80. The number of rotatable bonds is 2. The van der Waals surface area contributed by atoms with Crippen molar-refractivity contribution in [1.82, 2.24) is 9.55 Å². The highest BCUT2D eigenvalue weighted by molar-refractivity contribution is 5.81. The molecule has 0 bridgehead atoms. The standard InChI is InChI=1S/C20H23N3O/c1-11(2)17-9-14-6-5-13(4)21-20(14)23(17)16-7-12(3)19-15(8-16)10-18(24)22-19/h5-9,11,18,22,24H,10H2,1-4H3. The summed E-state index contributed by atoms with van der Waals surface area (Å²) in [5.74, 6) is 0.400. The van der Waals surface area contributed by atoms with Crippen LogP contribution in [0, 0.1) is 13.8 Å². The van der Waals surface area contributed by atoms with Gasteiger partial charge in [-0.3, -0.25) is 4.57 Å². The van der Waals surface area contributed by atoms with E-state index < -0.39 is 6.23 Å². The van der Waals surface area contributed by atoms with Crippen molar-refractivity contribution in [2.75, 3.05) is 5.32 Å². The molecule has 0 fully saturated rings. The fraction of sp³-hybridized carbons (Fsp3) is 0.350. The third-order valence-electron chi connectivity index (χ3n) is 4.79. The van der Waals surface area contributed by atoms with E-state index in [1.165, 1.54) is 16.6 Å². The fourth-order valence-corrected chi connectivity index (χ4v) is 3.65. The first-order valence-electron chi connectivity index (χ1n) is 8.51. The highest BCUT2D eigenvalue weighted by atomic mass is 16.3. The molecule has 124 valence electrons. The van der Waals surface area contributed by atoms with Crippen LogP contribution in [0.3, 0.4) is 0 Å². The van der Waals surface area contributed by atoms with Crippen LogP contribution in [0.15, 0.2) is 30.3 Å². The first-order chi connectivity index (χ1) is 11.4. The summed E-state index contributed by atoms with van der Waals surface area (Å²) in [6.45, 7) is 8.54. The van der Waals surface area contributed by atoms with Crippen molar-refractivity contribution in [3.05, 3.63) is 52.8 Å². The molecule has 1 aromatic carbocycles. The largest absolute Gasteiger partial charge is 0.373 e. The minimum absolute atomic E-state index is 0.400. The maximum Gasteiger partial charge on any atom is 0.144 e. The molecule has 1 aliphatic rings. The molecule has 4 heteroatoms. The van der Waals surface area contributed by atoms with Crippen LogP contribution in [0.5, 0.6) is 0 Å². The SMILES string of the molecule is Cc1ccc2cc(C(C)C)n(-c3cc(C)c4c(c3)CC(O)N4)c2n1. The Hall–Kier alpha value is -2.33. The van der Waals surface area contributed by atoms with Gasteiger partial charge in [0.1, 0.15) is 11.9 Å². The van der Waals surface area contributed by atoms with Gasteiger partial charge in [-0.2, -0.15) is 0 Å². The third-order valence-corrected chi connectivity index (χ3v) is 4.79. The molecule has 2 aromatic heterocycles. The van der Waals surface area contributed by atoms with E-state index in [-0.39, 0.29) is 0 Å². The number of hydrogen-bond donors (Lipinski definition) is 2. The molecular weight excluding hydrogens is 298 g/mol. The number of aliphatic hydroxyl groups is 1. The number of anilines is 1. The van der Waals surface area contributed by atoms with Crippen LogP contribution in [0.4, 0.5) is 5.69 Å². The first-order valence-corrected chi connectivity index (χ1v) is 8.51. The van der Waals surface area contributed by atoms with Gasteiger partial charge in [0.25, 0.3) is 0 Å². The lowest BCUT2D eigenvalue weighted by atomic mass is 10.1. The molecule has 0 saturated heterocycles. The van der Waals surface area contributed by atoms with Crippen molar-refractivity contribution in [2.24, 2.45) is 0 Å². The van der Waals surface area contributed by atoms with Gasteiger partial charge in [-0.1, -0.05) is 13.8 Å². The van der Waals surface area contributed by atoms with E-state index in [1.54, 1.807) is 0 Å². The summed E-state index contributed by atoms with van der Waals surface area (Å²) in [7, 11) is 0. The molecule has 3 heterocycles. The van der Waals surface area contributed by atoms with Crippen LogP contribution >= 0.6 is 0 Å².